The van der Waals surface area contributed by atoms with Crippen LogP contribution >= 0.6 is 0 Å². The minimum atomic E-state index is 0.241. The van der Waals surface area contributed by atoms with Gasteiger partial charge < -0.3 is 4.74 Å². The minimum Gasteiger partial charge on any atom is -0.381 e. The van der Waals surface area contributed by atoms with Crippen LogP contribution in [-0.4, -0.2) is 13.2 Å². The smallest absolute Gasteiger partial charge is 0.0614 e. The van der Waals surface area contributed by atoms with Gasteiger partial charge in [-0.2, -0.15) is 0 Å². The van der Waals surface area contributed by atoms with E-state index in [2.05, 4.69) is 37.4 Å². The van der Waals surface area contributed by atoms with Crippen LogP contribution in [0, 0.1) is 0 Å². The lowest BCUT2D eigenvalue weighted by molar-refractivity contribution is 0.0965. The third kappa shape index (κ3) is 4.45. The van der Waals surface area contributed by atoms with Gasteiger partial charge in [-0.15, -0.1) is 0 Å². The summed E-state index contributed by atoms with van der Waals surface area (Å²) in [6, 6.07) is 10.5. The molecule has 0 aliphatic rings. The first kappa shape index (κ1) is 12.7. The van der Waals surface area contributed by atoms with E-state index in [0.29, 0.717) is 0 Å². The summed E-state index contributed by atoms with van der Waals surface area (Å²) in [5, 5.41) is 0. The molecule has 86 valence electrons. The van der Waals surface area contributed by atoms with Crippen LogP contribution < -0.4 is 0 Å². The maximum atomic E-state index is 5.44. The Morgan fingerprint density at radius 2 is 2.06 bits per heavy atom. The molecular formula is C15H20O. The van der Waals surface area contributed by atoms with Gasteiger partial charge in [0.1, 0.15) is 0 Å². The first-order valence-corrected chi connectivity index (χ1v) is 5.63. The Kier molecular flexibility index (Phi) is 5.58. The maximum Gasteiger partial charge on any atom is 0.0614 e. The SMILES string of the molecule is C=CC(=C)CC(CCc1ccccc1)OC. The lowest BCUT2D eigenvalue weighted by atomic mass is 10.0. The number of allylic oxidation sites excluding steroid dienone is 1. The first-order valence-electron chi connectivity index (χ1n) is 5.63. The molecule has 1 rings (SSSR count). The van der Waals surface area contributed by atoms with Crippen LogP contribution in [0.1, 0.15) is 18.4 Å². The summed E-state index contributed by atoms with van der Waals surface area (Å²) >= 11 is 0. The van der Waals surface area contributed by atoms with Crippen LogP contribution in [0.5, 0.6) is 0 Å². The fourth-order valence-electron chi connectivity index (χ4n) is 1.65. The second-order valence-electron chi connectivity index (χ2n) is 3.95. The zero-order valence-electron chi connectivity index (χ0n) is 9.99. The van der Waals surface area contributed by atoms with Crippen molar-refractivity contribution in [3.05, 3.63) is 60.7 Å². The Bertz CT molecular complexity index is 327. The van der Waals surface area contributed by atoms with E-state index in [1.54, 1.807) is 13.2 Å². The summed E-state index contributed by atoms with van der Waals surface area (Å²) in [6.45, 7) is 7.63. The predicted molar refractivity (Wildman–Crippen MR) is 69.5 cm³/mol. The summed E-state index contributed by atoms with van der Waals surface area (Å²) in [6.07, 6.45) is 4.98. The summed E-state index contributed by atoms with van der Waals surface area (Å²) in [5.41, 5.74) is 2.40. The predicted octanol–water partition coefficient (Wildman–Crippen LogP) is 3.77. The molecule has 0 spiro atoms. The normalized spacial score (nSPS) is 12.1. The van der Waals surface area contributed by atoms with Crippen molar-refractivity contribution in [1.29, 1.82) is 0 Å². The van der Waals surface area contributed by atoms with Crippen molar-refractivity contribution in [1.82, 2.24) is 0 Å². The van der Waals surface area contributed by atoms with E-state index in [9.17, 15) is 0 Å². The molecule has 1 aromatic carbocycles. The van der Waals surface area contributed by atoms with Gasteiger partial charge in [0.05, 0.1) is 6.10 Å². The molecule has 1 heteroatoms. The summed E-state index contributed by atoms with van der Waals surface area (Å²) in [7, 11) is 1.76. The lowest BCUT2D eigenvalue weighted by Gasteiger charge is -2.15. The zero-order chi connectivity index (χ0) is 11.8. The number of benzene rings is 1. The average Bonchev–Trinajstić information content (AvgIpc) is 2.35. The fraction of sp³-hybridized carbons (Fsp3) is 0.333. The van der Waals surface area contributed by atoms with E-state index in [1.165, 1.54) is 5.56 Å². The van der Waals surface area contributed by atoms with Crippen LogP contribution in [0.25, 0.3) is 0 Å². The van der Waals surface area contributed by atoms with Crippen molar-refractivity contribution < 1.29 is 4.74 Å². The number of rotatable bonds is 7. The van der Waals surface area contributed by atoms with Gasteiger partial charge in [-0.05, 0) is 24.8 Å². The quantitative estimate of drug-likeness (QED) is 0.630. The van der Waals surface area contributed by atoms with E-state index in [1.807, 2.05) is 6.07 Å². The van der Waals surface area contributed by atoms with Crippen molar-refractivity contribution in [2.75, 3.05) is 7.11 Å². The highest BCUT2D eigenvalue weighted by atomic mass is 16.5. The van der Waals surface area contributed by atoms with Crippen molar-refractivity contribution in [3.8, 4) is 0 Å². The molecule has 0 aliphatic heterocycles. The third-order valence-corrected chi connectivity index (χ3v) is 2.71. The fourth-order valence-corrected chi connectivity index (χ4v) is 1.65. The standard InChI is InChI=1S/C15H20O/c1-4-13(2)12-15(16-3)11-10-14-8-6-5-7-9-14/h4-9,15H,1-2,10-12H2,3H3. The average molecular weight is 216 g/mol. The van der Waals surface area contributed by atoms with Gasteiger partial charge in [-0.1, -0.05) is 55.1 Å². The molecule has 0 bridgehead atoms. The summed E-state index contributed by atoms with van der Waals surface area (Å²) in [5.74, 6) is 0. The van der Waals surface area contributed by atoms with Crippen LogP contribution in [0.4, 0.5) is 0 Å². The number of aryl methyl sites for hydroxylation is 1. The van der Waals surface area contributed by atoms with Gasteiger partial charge in [-0.25, -0.2) is 0 Å². The topological polar surface area (TPSA) is 9.23 Å². The molecule has 16 heavy (non-hydrogen) atoms. The highest BCUT2D eigenvalue weighted by Gasteiger charge is 2.07. The van der Waals surface area contributed by atoms with Crippen LogP contribution in [-0.2, 0) is 11.2 Å². The molecule has 0 saturated heterocycles. The number of hydrogen-bond donors (Lipinski definition) is 0. The van der Waals surface area contributed by atoms with Crippen LogP contribution in [0.15, 0.2) is 55.1 Å². The Morgan fingerprint density at radius 3 is 2.62 bits per heavy atom. The molecule has 0 aliphatic carbocycles. The molecule has 0 amide bonds. The number of ether oxygens (including phenoxy) is 1. The summed E-state index contributed by atoms with van der Waals surface area (Å²) < 4.78 is 5.44. The molecule has 0 heterocycles. The number of hydrogen-bond acceptors (Lipinski definition) is 1. The molecule has 0 fully saturated rings. The van der Waals surface area contributed by atoms with Gasteiger partial charge in [0, 0.05) is 7.11 Å². The van der Waals surface area contributed by atoms with Gasteiger partial charge in [-0.3, -0.25) is 0 Å². The second kappa shape index (κ2) is 7.02. The van der Waals surface area contributed by atoms with Gasteiger partial charge in [0.25, 0.3) is 0 Å². The molecule has 0 radical (unpaired) electrons. The van der Waals surface area contributed by atoms with E-state index in [4.69, 9.17) is 4.74 Å². The molecule has 0 saturated carbocycles. The van der Waals surface area contributed by atoms with E-state index >= 15 is 0 Å². The third-order valence-electron chi connectivity index (χ3n) is 2.71. The van der Waals surface area contributed by atoms with E-state index in [-0.39, 0.29) is 6.10 Å². The highest BCUT2D eigenvalue weighted by molar-refractivity contribution is 5.15. The van der Waals surface area contributed by atoms with Crippen LogP contribution in [0.3, 0.4) is 0 Å². The van der Waals surface area contributed by atoms with Crippen molar-refractivity contribution in [2.45, 2.75) is 25.4 Å². The van der Waals surface area contributed by atoms with Crippen molar-refractivity contribution in [2.24, 2.45) is 0 Å². The molecule has 0 N–H and O–H groups in total. The van der Waals surface area contributed by atoms with Gasteiger partial charge in [0.2, 0.25) is 0 Å². The van der Waals surface area contributed by atoms with Crippen molar-refractivity contribution >= 4 is 0 Å². The molecule has 1 nitrogen and oxygen atoms in total. The minimum absolute atomic E-state index is 0.241. The van der Waals surface area contributed by atoms with Gasteiger partial charge >= 0.3 is 0 Å². The summed E-state index contributed by atoms with van der Waals surface area (Å²) in [4.78, 5) is 0. The zero-order valence-corrected chi connectivity index (χ0v) is 9.99. The highest BCUT2D eigenvalue weighted by Crippen LogP contribution is 2.13. The first-order chi connectivity index (χ1) is 7.76. The molecule has 1 atom stereocenters. The van der Waals surface area contributed by atoms with E-state index < -0.39 is 0 Å². The van der Waals surface area contributed by atoms with Crippen molar-refractivity contribution in [3.63, 3.8) is 0 Å². The largest absolute Gasteiger partial charge is 0.381 e. The Balaban J connectivity index is 2.40. The van der Waals surface area contributed by atoms with Gasteiger partial charge in [0.15, 0.2) is 0 Å². The molecule has 1 unspecified atom stereocenters. The Labute approximate surface area is 98.5 Å². The molecule has 0 aromatic heterocycles. The molecule has 1 aromatic rings. The number of methoxy groups -OCH3 is 1. The van der Waals surface area contributed by atoms with Crippen LogP contribution in [0.2, 0.25) is 0 Å². The Morgan fingerprint density at radius 1 is 1.38 bits per heavy atom. The second-order valence-corrected chi connectivity index (χ2v) is 3.95. The monoisotopic (exact) mass is 216 g/mol. The lowest BCUT2D eigenvalue weighted by Crippen LogP contribution is -2.12. The Hall–Kier alpha value is -1.34. The van der Waals surface area contributed by atoms with E-state index in [0.717, 1.165) is 24.8 Å². The molecular weight excluding hydrogens is 196 g/mol. The maximum absolute atomic E-state index is 5.44.